The fourth-order valence-corrected chi connectivity index (χ4v) is 3.03. The van der Waals surface area contributed by atoms with E-state index in [1.54, 1.807) is 17.0 Å². The van der Waals surface area contributed by atoms with Gasteiger partial charge in [-0.15, -0.1) is 12.4 Å². The number of nitrogens with zero attached hydrogens (tertiary/aromatic N) is 2. The molecule has 8 heteroatoms. The maximum absolute atomic E-state index is 12.6. The average Bonchev–Trinajstić information content (AvgIpc) is 2.68. The molecule has 1 unspecified atom stereocenters. The zero-order chi connectivity index (χ0) is 18.5. The van der Waals surface area contributed by atoms with E-state index in [1.165, 1.54) is 12.1 Å². The first-order valence-electron chi connectivity index (χ1n) is 8.55. The highest BCUT2D eigenvalue weighted by atomic mass is 35.5. The lowest BCUT2D eigenvalue weighted by Gasteiger charge is -2.33. The minimum atomic E-state index is -0.650. The van der Waals surface area contributed by atoms with Crippen molar-refractivity contribution in [2.45, 2.75) is 25.0 Å². The Labute approximate surface area is 163 Å². The molecule has 3 rings (SSSR count). The van der Waals surface area contributed by atoms with Gasteiger partial charge in [-0.2, -0.15) is 0 Å². The quantitative estimate of drug-likeness (QED) is 0.623. The summed E-state index contributed by atoms with van der Waals surface area (Å²) in [6.07, 6.45) is 1.38. The van der Waals surface area contributed by atoms with Crippen LogP contribution in [-0.2, 0) is 4.79 Å². The van der Waals surface area contributed by atoms with Gasteiger partial charge >= 0.3 is 0 Å². The normalized spacial score (nSPS) is 15.5. The highest BCUT2D eigenvalue weighted by molar-refractivity contribution is 5.85. The Morgan fingerprint density at radius 2 is 1.70 bits per heavy atom. The number of likely N-dealkylation sites (tertiary alicyclic amines) is 1. The standard InChI is InChI=1S/C19H21N3O4.ClH/c20-18(14-4-2-1-3-5-14)19(23)21-12-10-17(11-13-21)26-16-8-6-15(7-9-16)22(24)25;/h1-9,17-18H,10-13,20H2;1H. The van der Waals surface area contributed by atoms with Gasteiger partial charge in [-0.1, -0.05) is 30.3 Å². The Hall–Kier alpha value is -2.64. The predicted octanol–water partition coefficient (Wildman–Crippen LogP) is 3.09. The molecule has 144 valence electrons. The second kappa shape index (κ2) is 9.34. The van der Waals surface area contributed by atoms with E-state index in [4.69, 9.17) is 10.5 Å². The van der Waals surface area contributed by atoms with Crippen molar-refractivity contribution in [3.8, 4) is 5.75 Å². The van der Waals surface area contributed by atoms with Crippen molar-refractivity contribution in [2.75, 3.05) is 13.1 Å². The third-order valence-electron chi connectivity index (χ3n) is 4.53. The molecule has 0 radical (unpaired) electrons. The number of carbonyl (C=O) groups is 1. The monoisotopic (exact) mass is 391 g/mol. The van der Waals surface area contributed by atoms with E-state index in [0.29, 0.717) is 31.7 Å². The molecule has 1 atom stereocenters. The van der Waals surface area contributed by atoms with Crippen LogP contribution in [0.2, 0.25) is 0 Å². The van der Waals surface area contributed by atoms with Crippen molar-refractivity contribution in [1.82, 2.24) is 4.90 Å². The van der Waals surface area contributed by atoms with Crippen LogP contribution in [0.1, 0.15) is 24.4 Å². The number of hydrogen-bond acceptors (Lipinski definition) is 5. The molecule has 1 heterocycles. The van der Waals surface area contributed by atoms with Gasteiger partial charge in [0, 0.05) is 38.1 Å². The van der Waals surface area contributed by atoms with Crippen LogP contribution in [0, 0.1) is 10.1 Å². The largest absolute Gasteiger partial charge is 0.490 e. The van der Waals surface area contributed by atoms with E-state index in [0.717, 1.165) is 5.56 Å². The number of nitro benzene ring substituents is 1. The van der Waals surface area contributed by atoms with Crippen molar-refractivity contribution in [2.24, 2.45) is 5.73 Å². The van der Waals surface area contributed by atoms with Crippen molar-refractivity contribution in [3.63, 3.8) is 0 Å². The third kappa shape index (κ3) is 5.18. The van der Waals surface area contributed by atoms with Gasteiger partial charge in [0.25, 0.3) is 5.69 Å². The Bertz CT molecular complexity index is 762. The van der Waals surface area contributed by atoms with E-state index >= 15 is 0 Å². The molecular formula is C19H22ClN3O4. The summed E-state index contributed by atoms with van der Waals surface area (Å²) in [7, 11) is 0. The molecule has 0 saturated carbocycles. The van der Waals surface area contributed by atoms with Gasteiger partial charge in [0.15, 0.2) is 0 Å². The van der Waals surface area contributed by atoms with E-state index in [1.807, 2.05) is 30.3 Å². The van der Waals surface area contributed by atoms with E-state index in [-0.39, 0.29) is 30.1 Å². The molecule has 27 heavy (non-hydrogen) atoms. The molecule has 1 saturated heterocycles. The van der Waals surface area contributed by atoms with Gasteiger partial charge in [0.1, 0.15) is 17.9 Å². The lowest BCUT2D eigenvalue weighted by atomic mass is 10.0. The first-order valence-corrected chi connectivity index (χ1v) is 8.55. The zero-order valence-corrected chi connectivity index (χ0v) is 15.5. The van der Waals surface area contributed by atoms with Crippen molar-refractivity contribution < 1.29 is 14.5 Å². The smallest absolute Gasteiger partial charge is 0.269 e. The number of nitrogens with two attached hydrogens (primary N) is 1. The number of non-ortho nitro benzene ring substituents is 1. The molecule has 1 amide bonds. The van der Waals surface area contributed by atoms with Crippen LogP contribution in [0.4, 0.5) is 5.69 Å². The number of piperidine rings is 1. The Kier molecular flexibility index (Phi) is 7.15. The lowest BCUT2D eigenvalue weighted by molar-refractivity contribution is -0.384. The van der Waals surface area contributed by atoms with Gasteiger partial charge in [0.2, 0.25) is 5.91 Å². The number of benzene rings is 2. The van der Waals surface area contributed by atoms with Crippen molar-refractivity contribution in [3.05, 3.63) is 70.3 Å². The summed E-state index contributed by atoms with van der Waals surface area (Å²) in [5.74, 6) is 0.520. The summed E-state index contributed by atoms with van der Waals surface area (Å²) in [4.78, 5) is 24.6. The Morgan fingerprint density at radius 1 is 1.11 bits per heavy atom. The maximum atomic E-state index is 12.6. The summed E-state index contributed by atoms with van der Waals surface area (Å²) < 4.78 is 5.87. The second-order valence-corrected chi connectivity index (χ2v) is 6.28. The molecule has 1 fully saturated rings. The average molecular weight is 392 g/mol. The molecule has 0 aromatic heterocycles. The molecule has 2 N–H and O–H groups in total. The summed E-state index contributed by atoms with van der Waals surface area (Å²) in [6.45, 7) is 1.16. The van der Waals surface area contributed by atoms with Crippen LogP contribution in [0.25, 0.3) is 0 Å². The van der Waals surface area contributed by atoms with Crippen LogP contribution in [0.15, 0.2) is 54.6 Å². The highest BCUT2D eigenvalue weighted by Crippen LogP contribution is 2.23. The Morgan fingerprint density at radius 3 is 2.26 bits per heavy atom. The number of amides is 1. The molecule has 1 aliphatic rings. The summed E-state index contributed by atoms with van der Waals surface area (Å²) in [5.41, 5.74) is 6.93. The number of carbonyl (C=O) groups excluding carboxylic acids is 1. The van der Waals surface area contributed by atoms with E-state index < -0.39 is 11.0 Å². The second-order valence-electron chi connectivity index (χ2n) is 6.28. The van der Waals surface area contributed by atoms with Crippen LogP contribution in [0.5, 0.6) is 5.75 Å². The molecule has 0 bridgehead atoms. The third-order valence-corrected chi connectivity index (χ3v) is 4.53. The minimum Gasteiger partial charge on any atom is -0.490 e. The van der Waals surface area contributed by atoms with Gasteiger partial charge in [0.05, 0.1) is 4.92 Å². The predicted molar refractivity (Wildman–Crippen MR) is 104 cm³/mol. The molecule has 0 spiro atoms. The number of nitro groups is 1. The lowest BCUT2D eigenvalue weighted by Crippen LogP contribution is -2.45. The molecule has 1 aliphatic heterocycles. The minimum absolute atomic E-state index is 0. The van der Waals surface area contributed by atoms with Crippen LogP contribution >= 0.6 is 12.4 Å². The van der Waals surface area contributed by atoms with E-state index in [2.05, 4.69) is 0 Å². The topological polar surface area (TPSA) is 98.7 Å². The van der Waals surface area contributed by atoms with Gasteiger partial charge in [-0.25, -0.2) is 0 Å². The number of hydrogen-bond donors (Lipinski definition) is 1. The van der Waals surface area contributed by atoms with Gasteiger partial charge < -0.3 is 15.4 Å². The zero-order valence-electron chi connectivity index (χ0n) is 14.7. The number of halogens is 1. The first kappa shape index (κ1) is 20.7. The SMILES string of the molecule is Cl.NC(C(=O)N1CCC(Oc2ccc([N+](=O)[O-])cc2)CC1)c1ccccc1. The van der Waals surface area contributed by atoms with E-state index in [9.17, 15) is 14.9 Å². The van der Waals surface area contributed by atoms with Crippen LogP contribution in [0.3, 0.4) is 0 Å². The number of ether oxygens (including phenoxy) is 1. The molecule has 2 aromatic rings. The maximum Gasteiger partial charge on any atom is 0.269 e. The van der Waals surface area contributed by atoms with Crippen LogP contribution in [-0.4, -0.2) is 34.9 Å². The van der Waals surface area contributed by atoms with Crippen molar-refractivity contribution in [1.29, 1.82) is 0 Å². The Balaban J connectivity index is 0.00000261. The molecular weight excluding hydrogens is 370 g/mol. The first-order chi connectivity index (χ1) is 12.5. The van der Waals surface area contributed by atoms with Crippen molar-refractivity contribution >= 4 is 24.0 Å². The van der Waals surface area contributed by atoms with Gasteiger partial charge in [-0.3, -0.25) is 14.9 Å². The fraction of sp³-hybridized carbons (Fsp3) is 0.316. The fourth-order valence-electron chi connectivity index (χ4n) is 3.03. The molecule has 2 aromatic carbocycles. The summed E-state index contributed by atoms with van der Waals surface area (Å²) >= 11 is 0. The summed E-state index contributed by atoms with van der Waals surface area (Å²) in [6, 6.07) is 14.7. The number of rotatable bonds is 5. The summed E-state index contributed by atoms with van der Waals surface area (Å²) in [5, 5.41) is 10.7. The van der Waals surface area contributed by atoms with Gasteiger partial charge in [-0.05, 0) is 17.7 Å². The molecule has 7 nitrogen and oxygen atoms in total. The van der Waals surface area contributed by atoms with Crippen LogP contribution < -0.4 is 10.5 Å². The highest BCUT2D eigenvalue weighted by Gasteiger charge is 2.27. The molecule has 0 aliphatic carbocycles.